The lowest BCUT2D eigenvalue weighted by Crippen LogP contribution is -2.33. The lowest BCUT2D eigenvalue weighted by molar-refractivity contribution is -0.139. The third kappa shape index (κ3) is 9.37. The lowest BCUT2D eigenvalue weighted by atomic mass is 10.0. The van der Waals surface area contributed by atoms with Gasteiger partial charge in [0.2, 0.25) is 0 Å². The summed E-state index contributed by atoms with van der Waals surface area (Å²) in [6.45, 7) is 3.96. The van der Waals surface area contributed by atoms with Crippen LogP contribution in [0.4, 0.5) is 0 Å². The van der Waals surface area contributed by atoms with Crippen LogP contribution < -0.4 is 10.1 Å². The number of phenolic OH excluding ortho intramolecular Hbond substituents is 1. The van der Waals surface area contributed by atoms with Crippen molar-refractivity contribution >= 4 is 29.2 Å². The van der Waals surface area contributed by atoms with Gasteiger partial charge in [0.05, 0.1) is 6.10 Å². The molecule has 160 valence electrons. The monoisotopic (exact) mass is 443 g/mol. The van der Waals surface area contributed by atoms with Crippen LogP contribution in [0.3, 0.4) is 0 Å². The number of aromatic hydroxyl groups is 1. The van der Waals surface area contributed by atoms with Crippen LogP contribution >= 0.6 is 23.2 Å². The summed E-state index contributed by atoms with van der Waals surface area (Å²) >= 11 is 11.2. The molecule has 8 heteroatoms. The number of hydrogen-bond acceptors (Lipinski definition) is 5. The number of aliphatic carboxylic acids is 1. The van der Waals surface area contributed by atoms with Gasteiger partial charge in [-0.05, 0) is 55.3 Å². The second-order valence-electron chi connectivity index (χ2n) is 6.23. The number of aliphatic hydroxyl groups is 1. The summed E-state index contributed by atoms with van der Waals surface area (Å²) in [5.74, 6) is 0.243. The van der Waals surface area contributed by atoms with Crippen molar-refractivity contribution in [1.29, 1.82) is 0 Å². The fraction of sp³-hybridized carbons (Fsp3) is 0.381. The second kappa shape index (κ2) is 13.3. The van der Waals surface area contributed by atoms with E-state index >= 15 is 0 Å². The first kappa shape index (κ1) is 25.0. The molecule has 0 unspecified atom stereocenters. The summed E-state index contributed by atoms with van der Waals surface area (Å²) in [6, 6.07) is 11.3. The Morgan fingerprint density at radius 1 is 1.21 bits per heavy atom. The van der Waals surface area contributed by atoms with Gasteiger partial charge in [-0.15, -0.1) is 11.6 Å². The van der Waals surface area contributed by atoms with E-state index in [9.17, 15) is 15.0 Å². The van der Waals surface area contributed by atoms with Gasteiger partial charge in [-0.1, -0.05) is 36.7 Å². The Bertz CT molecular complexity index is 755. The first-order valence-electron chi connectivity index (χ1n) is 9.17. The summed E-state index contributed by atoms with van der Waals surface area (Å²) in [6.07, 6.45) is -0.0529. The molecular weight excluding hydrogens is 417 g/mol. The summed E-state index contributed by atoms with van der Waals surface area (Å²) in [4.78, 5) is 10.5. The van der Waals surface area contributed by atoms with Gasteiger partial charge >= 0.3 is 5.97 Å². The van der Waals surface area contributed by atoms with E-state index in [4.69, 9.17) is 33.0 Å². The Morgan fingerprint density at radius 3 is 2.38 bits per heavy atom. The van der Waals surface area contributed by atoms with E-state index in [2.05, 4.69) is 5.32 Å². The number of halogens is 2. The molecule has 4 N–H and O–H groups in total. The van der Waals surface area contributed by atoms with Crippen LogP contribution in [0.1, 0.15) is 31.1 Å². The van der Waals surface area contributed by atoms with Gasteiger partial charge in [-0.2, -0.15) is 0 Å². The smallest absolute Gasteiger partial charge is 0.341 e. The van der Waals surface area contributed by atoms with Crippen molar-refractivity contribution in [2.24, 2.45) is 0 Å². The van der Waals surface area contributed by atoms with E-state index in [0.717, 1.165) is 17.0 Å². The van der Waals surface area contributed by atoms with Crippen molar-refractivity contribution in [2.45, 2.75) is 32.4 Å². The van der Waals surface area contributed by atoms with E-state index < -0.39 is 18.7 Å². The van der Waals surface area contributed by atoms with Crippen LogP contribution in [0.15, 0.2) is 42.5 Å². The highest BCUT2D eigenvalue weighted by Gasteiger charge is 2.16. The molecule has 29 heavy (non-hydrogen) atoms. The van der Waals surface area contributed by atoms with Crippen LogP contribution in [0, 0.1) is 0 Å². The Morgan fingerprint density at radius 2 is 1.83 bits per heavy atom. The number of rotatable bonds is 9. The summed E-state index contributed by atoms with van der Waals surface area (Å²) < 4.78 is 5.08. The molecule has 2 rings (SSSR count). The highest BCUT2D eigenvalue weighted by Crippen LogP contribution is 2.23. The Labute approximate surface area is 181 Å². The molecule has 0 aliphatic carbocycles. The van der Waals surface area contributed by atoms with Crippen molar-refractivity contribution in [3.05, 3.63) is 58.6 Å². The molecule has 2 aromatic rings. The van der Waals surface area contributed by atoms with Gasteiger partial charge in [0.25, 0.3) is 0 Å². The minimum Gasteiger partial charge on any atom is -0.508 e. The fourth-order valence-electron chi connectivity index (χ4n) is 2.47. The quantitative estimate of drug-likeness (QED) is 0.437. The van der Waals surface area contributed by atoms with E-state index in [-0.39, 0.29) is 11.8 Å². The lowest BCUT2D eigenvalue weighted by Gasteiger charge is -2.21. The van der Waals surface area contributed by atoms with E-state index in [0.29, 0.717) is 23.7 Å². The van der Waals surface area contributed by atoms with Crippen LogP contribution in [0.2, 0.25) is 5.02 Å². The Hall–Kier alpha value is -1.99. The van der Waals surface area contributed by atoms with Crippen molar-refractivity contribution in [3.63, 3.8) is 0 Å². The zero-order valence-electron chi connectivity index (χ0n) is 16.4. The molecule has 0 amide bonds. The molecule has 2 atom stereocenters. The standard InChI is InChI=1S/C19H22ClNO5.C2H5Cl/c1-12(19(25)14-2-5-15(22)6-3-14)21-9-8-13-4-7-16(10-17(13)20)26-11-18(23)24;1-2-3/h2-7,10,12,19,21-22,25H,8-9,11H2,1H3,(H,23,24);2H2,1H3/t12-,19-;/m0./s1. The van der Waals surface area contributed by atoms with Crippen LogP contribution in [-0.2, 0) is 11.2 Å². The molecular formula is C21H27Cl2NO5. The van der Waals surface area contributed by atoms with Crippen LogP contribution in [0.5, 0.6) is 11.5 Å². The number of nitrogens with one attached hydrogen (secondary N) is 1. The second-order valence-corrected chi connectivity index (χ2v) is 7.17. The molecule has 0 bridgehead atoms. The van der Waals surface area contributed by atoms with E-state index in [1.807, 2.05) is 13.8 Å². The Kier molecular flexibility index (Phi) is 11.5. The zero-order chi connectivity index (χ0) is 21.8. The maximum atomic E-state index is 10.5. The number of hydrogen-bond donors (Lipinski definition) is 4. The number of carboxylic acid groups (broad SMARTS) is 1. The van der Waals surface area contributed by atoms with Gasteiger partial charge in [-0.25, -0.2) is 4.79 Å². The van der Waals surface area contributed by atoms with Crippen molar-refractivity contribution in [2.75, 3.05) is 19.0 Å². The maximum absolute atomic E-state index is 10.5. The number of alkyl halides is 1. The van der Waals surface area contributed by atoms with Gasteiger partial charge in [0, 0.05) is 16.9 Å². The topological polar surface area (TPSA) is 99.0 Å². The molecule has 0 aliphatic rings. The predicted molar refractivity (Wildman–Crippen MR) is 115 cm³/mol. The summed E-state index contributed by atoms with van der Waals surface area (Å²) in [7, 11) is 0. The first-order valence-corrected chi connectivity index (χ1v) is 10.1. The summed E-state index contributed by atoms with van der Waals surface area (Å²) in [5.41, 5.74) is 1.62. The zero-order valence-corrected chi connectivity index (χ0v) is 18.0. The molecule has 0 spiro atoms. The van der Waals surface area contributed by atoms with E-state index in [1.54, 1.807) is 42.5 Å². The SMILES string of the molecule is CCCl.C[C@H](NCCc1ccc(OCC(=O)O)cc1Cl)[C@H](O)c1ccc(O)cc1. The van der Waals surface area contributed by atoms with Gasteiger partial charge in [-0.3, -0.25) is 0 Å². The summed E-state index contributed by atoms with van der Waals surface area (Å²) in [5, 5.41) is 32.0. The number of ether oxygens (including phenoxy) is 1. The molecule has 0 radical (unpaired) electrons. The number of benzene rings is 2. The normalized spacial score (nSPS) is 12.4. The van der Waals surface area contributed by atoms with Crippen molar-refractivity contribution in [1.82, 2.24) is 5.32 Å². The molecule has 6 nitrogen and oxygen atoms in total. The molecule has 0 aromatic heterocycles. The molecule has 0 saturated heterocycles. The Balaban J connectivity index is 0.00000132. The van der Waals surface area contributed by atoms with Crippen LogP contribution in [0.25, 0.3) is 0 Å². The number of carbonyl (C=O) groups is 1. The maximum Gasteiger partial charge on any atom is 0.341 e. The third-order valence-corrected chi connectivity index (χ3v) is 4.31. The van der Waals surface area contributed by atoms with Gasteiger partial charge < -0.3 is 25.4 Å². The van der Waals surface area contributed by atoms with Crippen molar-refractivity contribution < 1.29 is 24.9 Å². The minimum atomic E-state index is -1.05. The molecule has 0 heterocycles. The molecule has 0 aliphatic heterocycles. The van der Waals surface area contributed by atoms with Crippen LogP contribution in [-0.4, -0.2) is 46.4 Å². The first-order chi connectivity index (χ1) is 13.8. The molecule has 2 aromatic carbocycles. The highest BCUT2D eigenvalue weighted by molar-refractivity contribution is 6.31. The van der Waals surface area contributed by atoms with E-state index in [1.165, 1.54) is 0 Å². The molecule has 0 fully saturated rings. The number of carboxylic acids is 1. The highest BCUT2D eigenvalue weighted by atomic mass is 35.5. The van der Waals surface area contributed by atoms with Crippen molar-refractivity contribution in [3.8, 4) is 11.5 Å². The third-order valence-electron chi connectivity index (χ3n) is 3.96. The number of aliphatic hydroxyl groups excluding tert-OH is 1. The molecule has 0 saturated carbocycles. The largest absolute Gasteiger partial charge is 0.508 e. The average molecular weight is 444 g/mol. The average Bonchev–Trinajstić information content (AvgIpc) is 2.68. The number of phenols is 1. The predicted octanol–water partition coefficient (Wildman–Crippen LogP) is 4.01. The van der Waals surface area contributed by atoms with Gasteiger partial charge in [0.1, 0.15) is 11.5 Å². The minimum absolute atomic E-state index is 0.159. The van der Waals surface area contributed by atoms with Gasteiger partial charge in [0.15, 0.2) is 6.61 Å². The fourth-order valence-corrected chi connectivity index (χ4v) is 2.74.